The number of carboxylic acids is 1. The van der Waals surface area contributed by atoms with Gasteiger partial charge in [-0.15, -0.1) is 0 Å². The molecule has 8 nitrogen and oxygen atoms in total. The summed E-state index contributed by atoms with van der Waals surface area (Å²) in [5.74, 6) is -0.787. The summed E-state index contributed by atoms with van der Waals surface area (Å²) >= 11 is 0. The monoisotopic (exact) mass is 349 g/mol. The molecule has 25 heavy (non-hydrogen) atoms. The number of nitrogens with one attached hydrogen (secondary N) is 2. The van der Waals surface area contributed by atoms with Crippen molar-refractivity contribution in [1.82, 2.24) is 10.3 Å². The van der Waals surface area contributed by atoms with Crippen molar-refractivity contribution in [2.75, 3.05) is 11.9 Å². The maximum atomic E-state index is 11.8. The van der Waals surface area contributed by atoms with Gasteiger partial charge >= 0.3 is 12.0 Å². The Hall–Kier alpha value is -2.61. The molecule has 0 saturated heterocycles. The van der Waals surface area contributed by atoms with E-state index in [9.17, 15) is 14.7 Å². The maximum absolute atomic E-state index is 11.8. The Balaban J connectivity index is 2.04. The first-order chi connectivity index (χ1) is 11.5. The molecule has 1 aromatic carbocycles. The maximum Gasteiger partial charge on any atom is 0.337 e. The van der Waals surface area contributed by atoms with Gasteiger partial charge in [0, 0.05) is 12.1 Å². The summed E-state index contributed by atoms with van der Waals surface area (Å²) in [6.07, 6.45) is 0.690. The first-order valence-corrected chi connectivity index (χ1v) is 7.86. The lowest BCUT2D eigenvalue weighted by Gasteiger charge is -2.18. The molecule has 0 aliphatic carbocycles. The number of aliphatic carboxylic acids is 1. The Labute approximate surface area is 145 Å². The quantitative estimate of drug-likeness (QED) is 0.657. The highest BCUT2D eigenvalue weighted by atomic mass is 16.4. The number of hydrogen-bond acceptors (Lipinski definition) is 5. The van der Waals surface area contributed by atoms with Crippen LogP contribution in [0.15, 0.2) is 22.6 Å². The number of rotatable bonds is 5. The molecule has 1 heterocycles. The molecule has 0 bridgehead atoms. The number of nitrogens with zero attached hydrogens (tertiary/aromatic N) is 1. The normalized spacial score (nSPS) is 14.1. The van der Waals surface area contributed by atoms with Gasteiger partial charge in [-0.25, -0.2) is 14.6 Å². The first-order valence-electron chi connectivity index (χ1n) is 7.86. The summed E-state index contributed by atoms with van der Waals surface area (Å²) in [6.45, 7) is 6.95. The molecular weight excluding hydrogens is 326 g/mol. The van der Waals surface area contributed by atoms with E-state index in [2.05, 4.69) is 36.4 Å². The summed E-state index contributed by atoms with van der Waals surface area (Å²) in [4.78, 5) is 27.1. The van der Waals surface area contributed by atoms with Crippen LogP contribution >= 0.6 is 0 Å². The SMILES string of the molecule is CC(C)(C)Cc1nc2cc(NC(=O)NCC(C)(O)C(=O)O)ccc2o1. The number of carbonyl (C=O) groups excluding carboxylic acids is 1. The number of amides is 2. The lowest BCUT2D eigenvalue weighted by atomic mass is 9.92. The number of anilines is 1. The number of fused-ring (bicyclic) bond motifs is 1. The van der Waals surface area contributed by atoms with Gasteiger partial charge in [-0.1, -0.05) is 20.8 Å². The number of benzene rings is 1. The molecule has 0 aliphatic rings. The number of aliphatic hydroxyl groups is 1. The van der Waals surface area contributed by atoms with Crippen molar-refractivity contribution in [2.45, 2.75) is 39.7 Å². The zero-order chi connectivity index (χ0) is 18.8. The first kappa shape index (κ1) is 18.7. The van der Waals surface area contributed by atoms with Gasteiger partial charge in [0.2, 0.25) is 0 Å². The number of oxazole rings is 1. The van der Waals surface area contributed by atoms with E-state index in [0.717, 1.165) is 6.92 Å². The molecule has 0 radical (unpaired) electrons. The highest BCUT2D eigenvalue weighted by Crippen LogP contribution is 2.25. The number of urea groups is 1. The summed E-state index contributed by atoms with van der Waals surface area (Å²) in [5.41, 5.74) is -0.262. The molecular formula is C17H23N3O5. The van der Waals surface area contributed by atoms with Crippen molar-refractivity contribution < 1.29 is 24.2 Å². The van der Waals surface area contributed by atoms with E-state index in [4.69, 9.17) is 9.52 Å². The third-order valence-electron chi connectivity index (χ3n) is 3.43. The molecule has 2 rings (SSSR count). The average molecular weight is 349 g/mol. The van der Waals surface area contributed by atoms with E-state index < -0.39 is 24.1 Å². The Morgan fingerprint density at radius 2 is 1.92 bits per heavy atom. The predicted octanol–water partition coefficient (Wildman–Crippen LogP) is 2.37. The smallest absolute Gasteiger partial charge is 0.337 e. The average Bonchev–Trinajstić information content (AvgIpc) is 2.84. The second-order valence-electron chi connectivity index (χ2n) is 7.41. The van der Waals surface area contributed by atoms with Crippen molar-refractivity contribution in [1.29, 1.82) is 0 Å². The fourth-order valence-electron chi connectivity index (χ4n) is 2.09. The third kappa shape index (κ3) is 5.18. The molecule has 2 amide bonds. The van der Waals surface area contributed by atoms with Crippen molar-refractivity contribution in [2.24, 2.45) is 5.41 Å². The molecule has 0 fully saturated rings. The molecule has 0 spiro atoms. The highest BCUT2D eigenvalue weighted by molar-refractivity contribution is 5.92. The van der Waals surface area contributed by atoms with Crippen LogP contribution in [0.1, 0.15) is 33.6 Å². The van der Waals surface area contributed by atoms with Crippen LogP contribution in [0.4, 0.5) is 10.5 Å². The van der Waals surface area contributed by atoms with Crippen LogP contribution in [-0.2, 0) is 11.2 Å². The van der Waals surface area contributed by atoms with E-state index in [-0.39, 0.29) is 5.41 Å². The zero-order valence-corrected chi connectivity index (χ0v) is 14.7. The molecule has 8 heteroatoms. The van der Waals surface area contributed by atoms with E-state index in [1.165, 1.54) is 0 Å². The minimum atomic E-state index is -2.03. The van der Waals surface area contributed by atoms with Crippen molar-refractivity contribution in [3.63, 3.8) is 0 Å². The second kappa shape index (κ2) is 6.72. The van der Waals surface area contributed by atoms with Crippen molar-refractivity contribution in [3.8, 4) is 0 Å². The van der Waals surface area contributed by atoms with E-state index in [1.54, 1.807) is 18.2 Å². The van der Waals surface area contributed by atoms with Crippen molar-refractivity contribution in [3.05, 3.63) is 24.1 Å². The summed E-state index contributed by atoms with van der Waals surface area (Å²) < 4.78 is 5.68. The van der Waals surface area contributed by atoms with Gasteiger partial charge in [0.15, 0.2) is 17.1 Å². The van der Waals surface area contributed by atoms with Crippen molar-refractivity contribution >= 4 is 28.8 Å². The molecule has 0 saturated carbocycles. The molecule has 2 aromatic rings. The molecule has 136 valence electrons. The van der Waals surface area contributed by atoms with Crippen LogP contribution in [0.3, 0.4) is 0 Å². The number of carbonyl (C=O) groups is 2. The van der Waals surface area contributed by atoms with Gasteiger partial charge in [0.1, 0.15) is 5.52 Å². The van der Waals surface area contributed by atoms with Crippen LogP contribution in [-0.4, -0.2) is 39.3 Å². The topological polar surface area (TPSA) is 125 Å². The second-order valence-corrected chi connectivity index (χ2v) is 7.41. The van der Waals surface area contributed by atoms with Gasteiger partial charge in [-0.3, -0.25) is 0 Å². The molecule has 1 unspecified atom stereocenters. The molecule has 1 atom stereocenters. The zero-order valence-electron chi connectivity index (χ0n) is 14.7. The van der Waals surface area contributed by atoms with Gasteiger partial charge in [0.25, 0.3) is 0 Å². The Bertz CT molecular complexity index is 789. The molecule has 1 aromatic heterocycles. The van der Waals surface area contributed by atoms with E-state index in [0.29, 0.717) is 29.1 Å². The Morgan fingerprint density at radius 3 is 2.52 bits per heavy atom. The van der Waals surface area contributed by atoms with Gasteiger partial charge in [0.05, 0.1) is 6.54 Å². The van der Waals surface area contributed by atoms with Crippen LogP contribution in [0.25, 0.3) is 11.1 Å². The van der Waals surface area contributed by atoms with Crippen LogP contribution in [0.5, 0.6) is 0 Å². The van der Waals surface area contributed by atoms with E-state index >= 15 is 0 Å². The summed E-state index contributed by atoms with van der Waals surface area (Å²) in [7, 11) is 0. The number of aromatic nitrogens is 1. The molecule has 0 aliphatic heterocycles. The standard InChI is InChI=1S/C17H23N3O5/c1-16(2,3)8-13-20-11-7-10(5-6-12(11)25-13)19-15(23)18-9-17(4,24)14(21)22/h5-7,24H,8-9H2,1-4H3,(H,21,22)(H2,18,19,23). The third-order valence-corrected chi connectivity index (χ3v) is 3.43. The van der Waals surface area contributed by atoms with Crippen LogP contribution in [0, 0.1) is 5.41 Å². The minimum absolute atomic E-state index is 0.0446. The minimum Gasteiger partial charge on any atom is -0.479 e. The Morgan fingerprint density at radius 1 is 1.24 bits per heavy atom. The van der Waals surface area contributed by atoms with Crippen LogP contribution in [0.2, 0.25) is 0 Å². The van der Waals surface area contributed by atoms with E-state index in [1.807, 2.05) is 0 Å². The Kier molecular flexibility index (Phi) is 5.03. The fraction of sp³-hybridized carbons (Fsp3) is 0.471. The molecule has 4 N–H and O–H groups in total. The number of carboxylic acid groups (broad SMARTS) is 1. The van der Waals surface area contributed by atoms with Crippen LogP contribution < -0.4 is 10.6 Å². The number of hydrogen-bond donors (Lipinski definition) is 4. The fourth-order valence-corrected chi connectivity index (χ4v) is 2.09. The summed E-state index contributed by atoms with van der Waals surface area (Å²) in [5, 5.41) is 23.3. The van der Waals surface area contributed by atoms with Gasteiger partial charge in [-0.2, -0.15) is 0 Å². The predicted molar refractivity (Wildman–Crippen MR) is 92.4 cm³/mol. The van der Waals surface area contributed by atoms with Gasteiger partial charge < -0.3 is 25.3 Å². The summed E-state index contributed by atoms with van der Waals surface area (Å²) in [6, 6.07) is 4.40. The lowest BCUT2D eigenvalue weighted by molar-refractivity contribution is -0.155. The van der Waals surface area contributed by atoms with Gasteiger partial charge in [-0.05, 0) is 30.5 Å². The highest BCUT2D eigenvalue weighted by Gasteiger charge is 2.30. The largest absolute Gasteiger partial charge is 0.479 e. The lowest BCUT2D eigenvalue weighted by Crippen LogP contribution is -2.47.